The molecular weight excluding hydrogens is 519 g/mol. The fourth-order valence-electron chi connectivity index (χ4n) is 6.91. The molecule has 3 aliphatic rings. The molecule has 38 heavy (non-hydrogen) atoms. The lowest BCUT2D eigenvalue weighted by molar-refractivity contribution is -0.138. The summed E-state index contributed by atoms with van der Waals surface area (Å²) in [6, 6.07) is 12.9. The number of piperidine rings is 1. The number of hydrogen-bond acceptors (Lipinski definition) is 4. The van der Waals surface area contributed by atoms with Gasteiger partial charge in [-0.15, -0.1) is 0 Å². The van der Waals surface area contributed by atoms with E-state index in [-0.39, 0.29) is 35.5 Å². The molecule has 1 amide bonds. The first-order chi connectivity index (χ1) is 18.1. The zero-order valence-corrected chi connectivity index (χ0v) is 24.0. The minimum absolute atomic E-state index is 0.0463. The van der Waals surface area contributed by atoms with Gasteiger partial charge in [-0.3, -0.25) is 4.79 Å². The van der Waals surface area contributed by atoms with Gasteiger partial charge in [0, 0.05) is 37.0 Å². The molecule has 1 heterocycles. The first-order valence-electron chi connectivity index (χ1n) is 14.1. The van der Waals surface area contributed by atoms with Gasteiger partial charge in [-0.05, 0) is 85.9 Å². The van der Waals surface area contributed by atoms with Crippen LogP contribution in [-0.2, 0) is 16.6 Å². The average molecular weight is 560 g/mol. The molecule has 3 fully saturated rings. The van der Waals surface area contributed by atoms with Crippen molar-refractivity contribution in [1.82, 2.24) is 9.80 Å². The summed E-state index contributed by atoms with van der Waals surface area (Å²) in [4.78, 5) is 18.3. The zero-order chi connectivity index (χ0) is 27.0. The Balaban J connectivity index is 1.44. The number of likely N-dealkylation sites (tertiary alicyclic amines) is 1. The van der Waals surface area contributed by atoms with Crippen LogP contribution in [0.1, 0.15) is 57.1 Å². The topological polar surface area (TPSA) is 64.0 Å². The van der Waals surface area contributed by atoms with E-state index in [0.717, 1.165) is 49.5 Å². The van der Waals surface area contributed by atoms with Crippen LogP contribution in [0.4, 0.5) is 0 Å². The molecule has 0 radical (unpaired) electrons. The number of carbonyl (C=O) groups excluding carboxylic acids is 1. The maximum absolute atomic E-state index is 13.8. The smallest absolute Gasteiger partial charge is 0.227 e. The van der Waals surface area contributed by atoms with E-state index < -0.39 is 6.10 Å². The van der Waals surface area contributed by atoms with Crippen LogP contribution in [0.15, 0.2) is 42.5 Å². The number of aliphatic hydroxyl groups excluding tert-OH is 1. The van der Waals surface area contributed by atoms with Crippen molar-refractivity contribution < 1.29 is 15.0 Å². The van der Waals surface area contributed by atoms with E-state index in [1.807, 2.05) is 23.1 Å². The molecule has 2 N–H and O–H groups in total. The highest BCUT2D eigenvalue weighted by molar-refractivity contribution is 6.42. The summed E-state index contributed by atoms with van der Waals surface area (Å²) in [5.74, 6) is 1.46. The average Bonchev–Trinajstić information content (AvgIpc) is 3.69. The van der Waals surface area contributed by atoms with Gasteiger partial charge in [0.25, 0.3) is 0 Å². The van der Waals surface area contributed by atoms with Crippen LogP contribution in [0.2, 0.25) is 10.0 Å². The number of hydrogen-bond donors (Lipinski definition) is 2. The van der Waals surface area contributed by atoms with Crippen LogP contribution in [-0.4, -0.2) is 64.2 Å². The molecule has 2 aromatic carbocycles. The molecule has 1 unspecified atom stereocenters. The maximum Gasteiger partial charge on any atom is 0.227 e. The molecule has 206 valence electrons. The highest BCUT2D eigenvalue weighted by atomic mass is 35.5. The normalized spacial score (nSPS) is 27.8. The van der Waals surface area contributed by atoms with Crippen LogP contribution in [0, 0.1) is 17.8 Å². The number of fused-ring (bicyclic) bond motifs is 1. The van der Waals surface area contributed by atoms with Crippen molar-refractivity contribution in [3.63, 3.8) is 0 Å². The van der Waals surface area contributed by atoms with Gasteiger partial charge in [-0.1, -0.05) is 55.2 Å². The number of nitrogens with zero attached hydrogens (tertiary/aromatic N) is 2. The number of phenolic OH excluding ortho intramolecular Hbond substituents is 1. The van der Waals surface area contributed by atoms with Gasteiger partial charge in [0.1, 0.15) is 5.75 Å². The Kier molecular flexibility index (Phi) is 8.31. The van der Waals surface area contributed by atoms with E-state index in [1.165, 1.54) is 12.8 Å². The molecule has 2 aromatic rings. The van der Waals surface area contributed by atoms with E-state index in [4.69, 9.17) is 23.2 Å². The lowest BCUT2D eigenvalue weighted by atomic mass is 9.56. The van der Waals surface area contributed by atoms with E-state index in [2.05, 4.69) is 24.8 Å². The highest BCUT2D eigenvalue weighted by Gasteiger charge is 2.53. The Labute approximate surface area is 236 Å². The quantitative estimate of drug-likeness (QED) is 0.422. The Bertz CT molecular complexity index is 1150. The van der Waals surface area contributed by atoms with Crippen molar-refractivity contribution in [2.24, 2.45) is 17.8 Å². The van der Waals surface area contributed by atoms with Crippen molar-refractivity contribution in [3.8, 4) is 5.75 Å². The zero-order valence-electron chi connectivity index (χ0n) is 22.5. The predicted molar refractivity (Wildman–Crippen MR) is 153 cm³/mol. The highest BCUT2D eigenvalue weighted by Crippen LogP contribution is 2.51. The van der Waals surface area contributed by atoms with Gasteiger partial charge in [0.2, 0.25) is 5.91 Å². The molecule has 1 saturated heterocycles. The van der Waals surface area contributed by atoms with Crippen LogP contribution < -0.4 is 0 Å². The van der Waals surface area contributed by atoms with Gasteiger partial charge >= 0.3 is 0 Å². The number of carbonyl (C=O) groups is 1. The SMILES string of the molecule is CC(C)CN(C(=O)Cc1ccc(Cl)c(Cl)c1)[C@H]1CC(O)[C@@H]2CN(CC3CC3)CC[C@@]2(c2cccc(O)c2)C1. The molecule has 5 rings (SSSR count). The summed E-state index contributed by atoms with van der Waals surface area (Å²) < 4.78 is 0. The summed E-state index contributed by atoms with van der Waals surface area (Å²) >= 11 is 12.3. The summed E-state index contributed by atoms with van der Waals surface area (Å²) in [5, 5.41) is 23.0. The second kappa shape index (κ2) is 11.4. The maximum atomic E-state index is 13.8. The molecule has 5 nitrogen and oxygen atoms in total. The van der Waals surface area contributed by atoms with E-state index in [0.29, 0.717) is 28.9 Å². The Hall–Kier alpha value is -1.79. The van der Waals surface area contributed by atoms with Crippen molar-refractivity contribution in [2.75, 3.05) is 26.2 Å². The first kappa shape index (κ1) is 27.8. The fraction of sp³-hybridized carbons (Fsp3) is 0.581. The van der Waals surface area contributed by atoms with Crippen molar-refractivity contribution in [2.45, 2.75) is 69.9 Å². The Morgan fingerprint density at radius 1 is 1.16 bits per heavy atom. The number of amides is 1. The second-order valence-electron chi connectivity index (χ2n) is 12.3. The minimum Gasteiger partial charge on any atom is -0.508 e. The third kappa shape index (κ3) is 6.01. The van der Waals surface area contributed by atoms with E-state index >= 15 is 0 Å². The molecule has 1 aliphatic heterocycles. The van der Waals surface area contributed by atoms with Gasteiger partial charge in [0.15, 0.2) is 0 Å². The second-order valence-corrected chi connectivity index (χ2v) is 13.1. The fourth-order valence-corrected chi connectivity index (χ4v) is 7.23. The number of halogens is 2. The van der Waals surface area contributed by atoms with Gasteiger partial charge < -0.3 is 20.0 Å². The number of aliphatic hydroxyl groups is 1. The van der Waals surface area contributed by atoms with E-state index in [9.17, 15) is 15.0 Å². The predicted octanol–water partition coefficient (Wildman–Crippen LogP) is 5.92. The summed E-state index contributed by atoms with van der Waals surface area (Å²) in [7, 11) is 0. The largest absolute Gasteiger partial charge is 0.508 e. The van der Waals surface area contributed by atoms with Crippen molar-refractivity contribution >= 4 is 29.1 Å². The molecule has 0 spiro atoms. The molecule has 7 heteroatoms. The number of aromatic hydroxyl groups is 1. The number of rotatable bonds is 8. The number of benzene rings is 2. The third-order valence-electron chi connectivity index (χ3n) is 8.91. The molecule has 2 saturated carbocycles. The van der Waals surface area contributed by atoms with Crippen LogP contribution in [0.25, 0.3) is 0 Å². The van der Waals surface area contributed by atoms with Gasteiger partial charge in [0.05, 0.1) is 22.6 Å². The Morgan fingerprint density at radius 3 is 2.63 bits per heavy atom. The van der Waals surface area contributed by atoms with Crippen molar-refractivity contribution in [1.29, 1.82) is 0 Å². The first-order valence-corrected chi connectivity index (χ1v) is 14.8. The lowest BCUT2D eigenvalue weighted by Crippen LogP contribution is -2.62. The van der Waals surface area contributed by atoms with Crippen LogP contribution in [0.5, 0.6) is 5.75 Å². The van der Waals surface area contributed by atoms with Gasteiger partial charge in [-0.2, -0.15) is 0 Å². The van der Waals surface area contributed by atoms with E-state index in [1.54, 1.807) is 18.2 Å². The summed E-state index contributed by atoms with van der Waals surface area (Å²) in [6.45, 7) is 7.84. The summed E-state index contributed by atoms with van der Waals surface area (Å²) in [6.07, 6.45) is 4.62. The summed E-state index contributed by atoms with van der Waals surface area (Å²) in [5.41, 5.74) is 1.63. The molecule has 4 atom stereocenters. The molecule has 0 aromatic heterocycles. The minimum atomic E-state index is -0.523. The van der Waals surface area contributed by atoms with Crippen LogP contribution in [0.3, 0.4) is 0 Å². The number of phenols is 1. The molecule has 2 aliphatic carbocycles. The van der Waals surface area contributed by atoms with Gasteiger partial charge in [-0.25, -0.2) is 0 Å². The third-order valence-corrected chi connectivity index (χ3v) is 9.65. The Morgan fingerprint density at radius 2 is 1.95 bits per heavy atom. The molecule has 0 bridgehead atoms. The van der Waals surface area contributed by atoms with Crippen LogP contribution >= 0.6 is 23.2 Å². The lowest BCUT2D eigenvalue weighted by Gasteiger charge is -2.56. The van der Waals surface area contributed by atoms with Crippen molar-refractivity contribution in [3.05, 3.63) is 63.6 Å². The molecular formula is C31H40Cl2N2O3. The monoisotopic (exact) mass is 558 g/mol. The standard InChI is InChI=1S/C31H40Cl2N2O3/c1-20(2)17-35(30(38)13-22-8-9-27(32)28(33)12-22)24-15-29(37)26-19-34(18-21-6-7-21)11-10-31(26,16-24)23-4-3-5-25(36)14-23/h3-5,8-9,12,14,20-21,24,26,29,36-37H,6-7,10-11,13,15-19H2,1-2H3/t24-,26-,29?,31-/m0/s1.